The molecule has 4 aromatic carbocycles. The zero-order valence-electron chi connectivity index (χ0n) is 33.3. The predicted octanol–water partition coefficient (Wildman–Crippen LogP) is 15.5. The van der Waals surface area contributed by atoms with E-state index in [0.29, 0.717) is 67.3 Å². The van der Waals surface area contributed by atoms with Crippen LogP contribution >= 0.6 is 46.4 Å². The second-order valence-corrected chi connectivity index (χ2v) is 29.3. The molecule has 0 spiro atoms. The van der Waals surface area contributed by atoms with Gasteiger partial charge in [0.1, 0.15) is 27.2 Å². The highest BCUT2D eigenvalue weighted by Gasteiger charge is 2.43. The lowest BCUT2D eigenvalue weighted by Crippen LogP contribution is -2.43. The van der Waals surface area contributed by atoms with Crippen molar-refractivity contribution >= 4 is 118 Å². The summed E-state index contributed by atoms with van der Waals surface area (Å²) < 4.78 is 0. The Labute approximate surface area is 343 Å². The summed E-state index contributed by atoms with van der Waals surface area (Å²) in [5, 5.41) is 11.9. The molecule has 0 atom stereocenters. The lowest BCUT2D eigenvalue weighted by atomic mass is 9.94. The first-order valence-electron chi connectivity index (χ1n) is 19.0. The predicted molar refractivity (Wildman–Crippen MR) is 243 cm³/mol. The monoisotopic (exact) mass is 830 g/mol. The molecular formula is C44H50Cl4N4Si2. The minimum Gasteiger partial charge on any atom is -0.334 e. The Morgan fingerprint density at radius 2 is 0.815 bits per heavy atom. The summed E-state index contributed by atoms with van der Waals surface area (Å²) in [6, 6.07) is 13.0. The fourth-order valence-corrected chi connectivity index (χ4v) is 20.8. The molecular weight excluding hydrogens is 782 g/mol. The van der Waals surface area contributed by atoms with Crippen LogP contribution in [-0.2, 0) is 0 Å². The molecule has 0 unspecified atom stereocenters. The van der Waals surface area contributed by atoms with Crippen molar-refractivity contribution in [3.8, 4) is 22.9 Å². The van der Waals surface area contributed by atoms with Gasteiger partial charge in [-0.3, -0.25) is 0 Å². The molecule has 54 heavy (non-hydrogen) atoms. The van der Waals surface area contributed by atoms with Gasteiger partial charge in [0.15, 0.2) is 11.6 Å². The van der Waals surface area contributed by atoms with Gasteiger partial charge >= 0.3 is 0 Å². The molecule has 0 saturated heterocycles. The van der Waals surface area contributed by atoms with Gasteiger partial charge in [-0.1, -0.05) is 166 Å². The quantitative estimate of drug-likeness (QED) is 0.0577. The minimum atomic E-state index is -2.15. The minimum absolute atomic E-state index is 0.168. The van der Waals surface area contributed by atoms with E-state index in [4.69, 9.17) is 56.4 Å². The van der Waals surface area contributed by atoms with Crippen molar-refractivity contribution in [3.05, 3.63) is 67.6 Å². The van der Waals surface area contributed by atoms with Gasteiger partial charge in [-0.15, -0.1) is 11.1 Å². The molecule has 0 fully saturated rings. The third-order valence-electron chi connectivity index (χ3n) is 12.1. The van der Waals surface area contributed by atoms with Crippen molar-refractivity contribution in [2.24, 2.45) is 0 Å². The van der Waals surface area contributed by atoms with Crippen LogP contribution in [0.5, 0.6) is 0 Å². The van der Waals surface area contributed by atoms with Gasteiger partial charge in [0.25, 0.3) is 0 Å². The highest BCUT2D eigenvalue weighted by molar-refractivity contribution is 6.91. The normalized spacial score (nSPS) is 13.1. The fraction of sp³-hybridized carbons (Fsp3) is 0.409. The third kappa shape index (κ3) is 6.50. The van der Waals surface area contributed by atoms with Crippen molar-refractivity contribution in [1.29, 1.82) is 0 Å². The van der Waals surface area contributed by atoms with Crippen molar-refractivity contribution in [2.75, 3.05) is 10.6 Å². The SMILES string of the molecule is CC(C)[Si](C#Cc1c2cc3ccccc3cc2c(C#C[Si](C(C)C)(C(C)C)C(C)C)c2nc3c(nc12)Nc1c(Cl)c(Cl)c(Cl)c(Cl)c1N3)(C(C)C)C(C)C. The van der Waals surface area contributed by atoms with Crippen LogP contribution in [0.3, 0.4) is 0 Å². The van der Waals surface area contributed by atoms with E-state index in [1.54, 1.807) is 0 Å². The van der Waals surface area contributed by atoms with Gasteiger partial charge in [0, 0.05) is 10.8 Å². The Hall–Kier alpha value is -2.95. The Balaban J connectivity index is 1.81. The number of fused-ring (bicyclic) bond motifs is 5. The highest BCUT2D eigenvalue weighted by atomic mass is 35.5. The second-order valence-electron chi connectivity index (χ2n) is 16.7. The van der Waals surface area contributed by atoms with Crippen molar-refractivity contribution in [2.45, 2.75) is 116 Å². The molecule has 0 amide bonds. The highest BCUT2D eigenvalue weighted by Crippen LogP contribution is 2.52. The zero-order valence-corrected chi connectivity index (χ0v) is 38.4. The van der Waals surface area contributed by atoms with Gasteiger partial charge in [0.2, 0.25) is 0 Å². The van der Waals surface area contributed by atoms with Crippen molar-refractivity contribution < 1.29 is 0 Å². The maximum atomic E-state index is 6.75. The number of aromatic nitrogens is 2. The molecule has 0 saturated carbocycles. The van der Waals surface area contributed by atoms with Crippen LogP contribution in [0.2, 0.25) is 53.3 Å². The number of hydrogen-bond donors (Lipinski definition) is 2. The van der Waals surface area contributed by atoms with Crippen LogP contribution in [0.4, 0.5) is 23.0 Å². The van der Waals surface area contributed by atoms with Crippen LogP contribution in [0.25, 0.3) is 32.6 Å². The second kappa shape index (κ2) is 15.2. The van der Waals surface area contributed by atoms with Crippen LogP contribution in [0.15, 0.2) is 36.4 Å². The summed E-state index contributed by atoms with van der Waals surface area (Å²) in [5.74, 6) is 8.65. The number of hydrogen-bond acceptors (Lipinski definition) is 4. The number of nitrogens with one attached hydrogen (secondary N) is 2. The van der Waals surface area contributed by atoms with Gasteiger partial charge in [-0.25, -0.2) is 9.97 Å². The zero-order chi connectivity index (χ0) is 39.6. The summed E-state index contributed by atoms with van der Waals surface area (Å²) in [7, 11) is -4.30. The maximum Gasteiger partial charge on any atom is 0.174 e. The average Bonchev–Trinajstić information content (AvgIpc) is 3.11. The number of anilines is 4. The Bertz CT molecular complexity index is 2240. The van der Waals surface area contributed by atoms with Crippen LogP contribution in [0, 0.1) is 22.9 Å². The van der Waals surface area contributed by atoms with E-state index in [0.717, 1.165) is 32.7 Å². The topological polar surface area (TPSA) is 49.8 Å². The number of rotatable bonds is 6. The van der Waals surface area contributed by atoms with E-state index in [-0.39, 0.29) is 20.1 Å². The third-order valence-corrected chi connectivity index (χ3v) is 26.5. The van der Waals surface area contributed by atoms with Gasteiger partial charge in [-0.2, -0.15) is 0 Å². The largest absolute Gasteiger partial charge is 0.334 e. The van der Waals surface area contributed by atoms with Crippen LogP contribution in [-0.4, -0.2) is 26.1 Å². The van der Waals surface area contributed by atoms with Gasteiger partial charge < -0.3 is 10.6 Å². The van der Waals surface area contributed by atoms with E-state index >= 15 is 0 Å². The Morgan fingerprint density at radius 3 is 1.11 bits per heavy atom. The summed E-state index contributed by atoms with van der Waals surface area (Å²) in [5.41, 5.74) is 14.9. The van der Waals surface area contributed by atoms with E-state index in [2.05, 4.69) is 153 Å². The molecule has 6 rings (SSSR count). The smallest absolute Gasteiger partial charge is 0.174 e. The van der Waals surface area contributed by atoms with Crippen molar-refractivity contribution in [3.63, 3.8) is 0 Å². The standard InChI is InChI=1S/C44H50Cl4N4Si2/c1-23(2)53(24(3)4,25(5)6)19-17-31-33-21-29-15-13-14-16-30(29)22-34(33)32(18-20-54(26(7)8,27(9)10)28(11)12)40-39(31)49-43-44(50-40)52-42-38(48)36(46)35(45)37(47)41(42)51-43/h13-16,21-28H,1-12H3,(H,49,51)(H,50,52). The molecule has 1 aliphatic heterocycles. The summed E-state index contributed by atoms with van der Waals surface area (Å²) in [6.45, 7) is 28.1. The van der Waals surface area contributed by atoms with E-state index in [1.165, 1.54) is 0 Å². The van der Waals surface area contributed by atoms with Gasteiger partial charge in [0.05, 0.1) is 42.6 Å². The van der Waals surface area contributed by atoms with Gasteiger partial charge in [-0.05, 0) is 56.2 Å². The molecule has 282 valence electrons. The molecule has 1 aliphatic rings. The summed E-state index contributed by atoms with van der Waals surface area (Å²) in [6.07, 6.45) is 0. The van der Waals surface area contributed by atoms with Crippen LogP contribution < -0.4 is 10.6 Å². The molecule has 2 heterocycles. The molecule has 1 aromatic heterocycles. The molecule has 0 radical (unpaired) electrons. The Morgan fingerprint density at radius 1 is 0.500 bits per heavy atom. The molecule has 2 N–H and O–H groups in total. The number of halogens is 4. The lowest BCUT2D eigenvalue weighted by molar-refractivity contribution is 0.838. The van der Waals surface area contributed by atoms with E-state index in [9.17, 15) is 0 Å². The molecule has 4 nitrogen and oxygen atoms in total. The molecule has 0 aliphatic carbocycles. The van der Waals surface area contributed by atoms with Crippen LogP contribution in [0.1, 0.15) is 94.2 Å². The maximum absolute atomic E-state index is 6.75. The molecule has 10 heteroatoms. The number of benzene rings is 4. The first-order chi connectivity index (χ1) is 25.4. The van der Waals surface area contributed by atoms with E-state index in [1.807, 2.05) is 0 Å². The first-order valence-corrected chi connectivity index (χ1v) is 25.0. The summed E-state index contributed by atoms with van der Waals surface area (Å²) in [4.78, 5) is 10.7. The fourth-order valence-electron chi connectivity index (χ4n) is 9.43. The van der Waals surface area contributed by atoms with E-state index < -0.39 is 16.1 Å². The lowest BCUT2D eigenvalue weighted by Gasteiger charge is -2.38. The molecule has 0 bridgehead atoms. The van der Waals surface area contributed by atoms with Crippen molar-refractivity contribution in [1.82, 2.24) is 9.97 Å². The average molecular weight is 833 g/mol. The number of nitrogens with zero attached hydrogens (tertiary/aromatic N) is 2. The Kier molecular flexibility index (Phi) is 11.4. The molecule has 5 aromatic rings. The first kappa shape index (κ1) is 40.7. The summed E-state index contributed by atoms with van der Waals surface area (Å²) >= 11 is 26.6.